The molecule has 2 aliphatic heterocycles. The van der Waals surface area contributed by atoms with Crippen molar-refractivity contribution >= 4 is 57.7 Å². The van der Waals surface area contributed by atoms with Gasteiger partial charge < -0.3 is 10.0 Å². The van der Waals surface area contributed by atoms with E-state index >= 15 is 0 Å². The molecule has 2 aliphatic rings. The Balaban J connectivity index is 1.63. The highest BCUT2D eigenvalue weighted by molar-refractivity contribution is 8.26. The maximum atomic E-state index is 13.5. The summed E-state index contributed by atoms with van der Waals surface area (Å²) in [5.74, 6) is -0.424. The quantitative estimate of drug-likeness (QED) is 0.344. The minimum atomic E-state index is -0.817. The van der Waals surface area contributed by atoms with Crippen molar-refractivity contribution in [1.82, 2.24) is 14.3 Å². The van der Waals surface area contributed by atoms with E-state index in [0.29, 0.717) is 52.1 Å². The number of aryl methyl sites for hydroxylation is 1. The fourth-order valence-corrected chi connectivity index (χ4v) is 5.38. The number of aliphatic carboxylic acids is 1. The highest BCUT2D eigenvalue weighted by Crippen LogP contribution is 2.34. The molecule has 0 aliphatic carbocycles. The molecular weight excluding hydrogens is 460 g/mol. The molecule has 0 atom stereocenters. The number of unbranched alkanes of at least 4 members (excludes halogenated alkanes) is 2. The molecule has 0 saturated carbocycles. The lowest BCUT2D eigenvalue weighted by Gasteiger charge is -2.19. The van der Waals surface area contributed by atoms with Gasteiger partial charge in [0.15, 0.2) is 0 Å². The van der Waals surface area contributed by atoms with Gasteiger partial charge in [0.05, 0.1) is 10.5 Å². The predicted molar refractivity (Wildman–Crippen MR) is 134 cm³/mol. The van der Waals surface area contributed by atoms with E-state index in [4.69, 9.17) is 22.3 Å². The van der Waals surface area contributed by atoms with Gasteiger partial charge in [0.2, 0.25) is 0 Å². The molecule has 174 valence electrons. The van der Waals surface area contributed by atoms with Gasteiger partial charge in [-0.15, -0.1) is 0 Å². The first-order valence-corrected chi connectivity index (χ1v) is 12.3. The van der Waals surface area contributed by atoms with Crippen LogP contribution in [-0.4, -0.2) is 55.2 Å². The number of aromatic nitrogens is 2. The topological polar surface area (TPSA) is 95.2 Å². The Labute approximate surface area is 201 Å². The van der Waals surface area contributed by atoms with Crippen LogP contribution < -0.4 is 10.5 Å². The minimum Gasteiger partial charge on any atom is -0.481 e. The number of nitrogens with zero attached hydrogens (tertiary/aromatic N) is 4. The highest BCUT2D eigenvalue weighted by Gasteiger charge is 2.32. The average Bonchev–Trinajstić information content (AvgIpc) is 3.39. The Kier molecular flexibility index (Phi) is 7.14. The number of thiocarbonyl (C=S) groups is 1. The van der Waals surface area contributed by atoms with Gasteiger partial charge >= 0.3 is 5.97 Å². The second-order valence-electron chi connectivity index (χ2n) is 8.32. The van der Waals surface area contributed by atoms with Crippen LogP contribution >= 0.6 is 24.0 Å². The van der Waals surface area contributed by atoms with Crippen LogP contribution in [0, 0.1) is 6.92 Å². The molecule has 2 aromatic heterocycles. The molecule has 33 heavy (non-hydrogen) atoms. The van der Waals surface area contributed by atoms with Crippen LogP contribution in [0.2, 0.25) is 0 Å². The van der Waals surface area contributed by atoms with E-state index in [-0.39, 0.29) is 17.9 Å². The largest absolute Gasteiger partial charge is 0.481 e. The normalized spacial score (nSPS) is 17.7. The number of carbonyl (C=O) groups is 2. The molecule has 0 unspecified atom stereocenters. The van der Waals surface area contributed by atoms with Crippen LogP contribution in [0.15, 0.2) is 28.0 Å². The summed E-state index contributed by atoms with van der Waals surface area (Å²) in [6.45, 7) is 4.01. The van der Waals surface area contributed by atoms with Gasteiger partial charge in [0.1, 0.15) is 15.8 Å². The predicted octanol–water partition coefficient (Wildman–Crippen LogP) is 3.45. The van der Waals surface area contributed by atoms with E-state index in [1.807, 2.05) is 19.1 Å². The zero-order valence-electron chi connectivity index (χ0n) is 18.5. The van der Waals surface area contributed by atoms with Gasteiger partial charge in [-0.2, -0.15) is 0 Å². The number of pyridine rings is 1. The number of amides is 1. The first-order chi connectivity index (χ1) is 15.8. The van der Waals surface area contributed by atoms with Gasteiger partial charge in [-0.3, -0.25) is 23.7 Å². The lowest BCUT2D eigenvalue weighted by atomic mass is 10.2. The van der Waals surface area contributed by atoms with Crippen molar-refractivity contribution in [2.75, 3.05) is 24.5 Å². The Bertz CT molecular complexity index is 1200. The number of carboxylic acids is 1. The second-order valence-corrected chi connectivity index (χ2v) is 10.00. The van der Waals surface area contributed by atoms with Crippen LogP contribution in [0.25, 0.3) is 11.7 Å². The Morgan fingerprint density at radius 1 is 1.21 bits per heavy atom. The molecule has 8 nitrogen and oxygen atoms in total. The van der Waals surface area contributed by atoms with Crippen molar-refractivity contribution in [3.63, 3.8) is 0 Å². The van der Waals surface area contributed by atoms with Crippen molar-refractivity contribution in [2.24, 2.45) is 0 Å². The fourth-order valence-electron chi connectivity index (χ4n) is 4.09. The lowest BCUT2D eigenvalue weighted by Crippen LogP contribution is -2.29. The molecule has 4 rings (SSSR count). The van der Waals surface area contributed by atoms with Crippen LogP contribution in [0.5, 0.6) is 0 Å². The molecular formula is C23H26N4O4S2. The van der Waals surface area contributed by atoms with E-state index in [9.17, 15) is 14.4 Å². The molecule has 0 aromatic carbocycles. The third kappa shape index (κ3) is 5.11. The SMILES string of the molecule is Cc1ccc2nc(N3CCCC3)c(C=C3SC(=S)N(CCCCCC(=O)O)C3=O)c(=O)n2c1. The highest BCUT2D eigenvalue weighted by atomic mass is 32.2. The van der Waals surface area contributed by atoms with Gasteiger partial charge in [0, 0.05) is 32.3 Å². The van der Waals surface area contributed by atoms with Gasteiger partial charge in [-0.1, -0.05) is 36.5 Å². The summed E-state index contributed by atoms with van der Waals surface area (Å²) < 4.78 is 1.99. The third-order valence-corrected chi connectivity index (χ3v) is 7.19. The first-order valence-electron chi connectivity index (χ1n) is 11.1. The molecule has 10 heteroatoms. The van der Waals surface area contributed by atoms with Crippen LogP contribution in [-0.2, 0) is 9.59 Å². The van der Waals surface area contributed by atoms with Gasteiger partial charge in [0.25, 0.3) is 11.5 Å². The number of carboxylic acid groups (broad SMARTS) is 1. The maximum absolute atomic E-state index is 13.5. The fraction of sp³-hybridized carbons (Fsp3) is 0.435. The van der Waals surface area contributed by atoms with Crippen molar-refractivity contribution < 1.29 is 14.7 Å². The summed E-state index contributed by atoms with van der Waals surface area (Å²) in [6.07, 6.45) is 7.55. The molecule has 0 spiro atoms. The number of carbonyl (C=O) groups excluding carboxylic acids is 1. The smallest absolute Gasteiger partial charge is 0.303 e. The van der Waals surface area contributed by atoms with Crippen molar-refractivity contribution in [1.29, 1.82) is 0 Å². The third-order valence-electron chi connectivity index (χ3n) is 5.81. The minimum absolute atomic E-state index is 0.121. The lowest BCUT2D eigenvalue weighted by molar-refractivity contribution is -0.137. The molecule has 2 fully saturated rings. The van der Waals surface area contributed by atoms with Crippen LogP contribution in [0.1, 0.15) is 49.7 Å². The zero-order valence-corrected chi connectivity index (χ0v) is 20.1. The summed E-state index contributed by atoms with van der Waals surface area (Å²) in [4.78, 5) is 46.0. The molecule has 1 N–H and O–H groups in total. The summed E-state index contributed by atoms with van der Waals surface area (Å²) >= 11 is 6.62. The molecule has 2 aromatic rings. The number of hydrogen-bond acceptors (Lipinski definition) is 7. The van der Waals surface area contributed by atoms with Crippen molar-refractivity contribution in [2.45, 2.75) is 45.4 Å². The monoisotopic (exact) mass is 486 g/mol. The van der Waals surface area contributed by atoms with Crippen molar-refractivity contribution in [3.05, 3.63) is 44.7 Å². The zero-order chi connectivity index (χ0) is 23.5. The molecule has 2 saturated heterocycles. The van der Waals surface area contributed by atoms with E-state index in [1.165, 1.54) is 16.2 Å². The van der Waals surface area contributed by atoms with E-state index in [2.05, 4.69) is 4.90 Å². The van der Waals surface area contributed by atoms with Gasteiger partial charge in [-0.05, 0) is 50.3 Å². The Hall–Kier alpha value is -2.72. The maximum Gasteiger partial charge on any atom is 0.303 e. The standard InChI is InChI=1S/C23H26N4O4S2/c1-15-8-9-18-24-20(25-10-5-6-11-25)16(21(30)27(18)14-15)13-17-22(31)26(23(32)33-17)12-4-2-3-7-19(28)29/h8-9,13-14H,2-7,10-12H2,1H3,(H,28,29). The second kappa shape index (κ2) is 10.0. The van der Waals surface area contributed by atoms with E-state index < -0.39 is 5.97 Å². The summed E-state index contributed by atoms with van der Waals surface area (Å²) in [5, 5.41) is 8.76. The number of anilines is 1. The molecule has 4 heterocycles. The van der Waals surface area contributed by atoms with Crippen molar-refractivity contribution in [3.8, 4) is 0 Å². The number of hydrogen-bond donors (Lipinski definition) is 1. The number of fused-ring (bicyclic) bond motifs is 1. The summed E-state index contributed by atoms with van der Waals surface area (Å²) in [5.41, 5.74) is 1.73. The number of rotatable bonds is 8. The van der Waals surface area contributed by atoms with E-state index in [1.54, 1.807) is 17.2 Å². The van der Waals surface area contributed by atoms with E-state index in [0.717, 1.165) is 31.5 Å². The van der Waals surface area contributed by atoms with Gasteiger partial charge in [-0.25, -0.2) is 4.98 Å². The Morgan fingerprint density at radius 3 is 2.70 bits per heavy atom. The molecule has 0 radical (unpaired) electrons. The Morgan fingerprint density at radius 2 is 1.97 bits per heavy atom. The summed E-state index contributed by atoms with van der Waals surface area (Å²) in [6, 6.07) is 3.76. The van der Waals surface area contributed by atoms with Crippen LogP contribution in [0.4, 0.5) is 5.82 Å². The average molecular weight is 487 g/mol. The van der Waals surface area contributed by atoms with Crippen LogP contribution in [0.3, 0.4) is 0 Å². The molecule has 0 bridgehead atoms. The summed E-state index contributed by atoms with van der Waals surface area (Å²) in [7, 11) is 0. The first kappa shape index (κ1) is 23.4. The molecule has 1 amide bonds. The number of thioether (sulfide) groups is 1.